The monoisotopic (exact) mass is 397 g/mol. The van der Waals surface area contributed by atoms with Crippen LogP contribution in [0.4, 0.5) is 5.69 Å². The van der Waals surface area contributed by atoms with Crippen molar-refractivity contribution in [2.45, 2.75) is 50.7 Å². The number of anilines is 1. The van der Waals surface area contributed by atoms with Crippen LogP contribution in [0.15, 0.2) is 36.9 Å². The lowest BCUT2D eigenvalue weighted by Crippen LogP contribution is -2.39. The van der Waals surface area contributed by atoms with E-state index in [4.69, 9.17) is 0 Å². The summed E-state index contributed by atoms with van der Waals surface area (Å²) < 4.78 is 1.76. The van der Waals surface area contributed by atoms with Crippen molar-refractivity contribution in [1.82, 2.24) is 20.1 Å². The van der Waals surface area contributed by atoms with E-state index >= 15 is 0 Å². The van der Waals surface area contributed by atoms with E-state index in [0.29, 0.717) is 31.0 Å². The highest BCUT2D eigenvalue weighted by Crippen LogP contribution is 2.32. The van der Waals surface area contributed by atoms with Crippen LogP contribution in [0.3, 0.4) is 0 Å². The topological polar surface area (TPSA) is 71.8 Å². The van der Waals surface area contributed by atoms with Crippen molar-refractivity contribution in [3.8, 4) is 0 Å². The molecule has 2 unspecified atom stereocenters. The number of hydrogen-bond acceptors (Lipinski definition) is 4. The van der Waals surface area contributed by atoms with Crippen molar-refractivity contribution in [1.29, 1.82) is 0 Å². The summed E-state index contributed by atoms with van der Waals surface area (Å²) in [6, 6.07) is 9.15. The van der Waals surface area contributed by atoms with Crippen LogP contribution >= 0.6 is 24.8 Å². The summed E-state index contributed by atoms with van der Waals surface area (Å²) in [4.78, 5) is 16.5. The van der Waals surface area contributed by atoms with Gasteiger partial charge in [0.15, 0.2) is 0 Å². The van der Waals surface area contributed by atoms with Gasteiger partial charge in [0, 0.05) is 24.2 Å². The van der Waals surface area contributed by atoms with E-state index in [1.807, 2.05) is 24.3 Å². The molecule has 1 amide bonds. The number of nitrogens with one attached hydrogen (secondary N) is 2. The van der Waals surface area contributed by atoms with Crippen LogP contribution in [0.1, 0.15) is 37.7 Å². The summed E-state index contributed by atoms with van der Waals surface area (Å²) >= 11 is 0. The minimum absolute atomic E-state index is 0. The van der Waals surface area contributed by atoms with E-state index in [1.54, 1.807) is 11.0 Å². The quantitative estimate of drug-likeness (QED) is 0.812. The fraction of sp³-hybridized carbons (Fsp3) is 0.500. The molecule has 2 N–H and O–H groups in total. The van der Waals surface area contributed by atoms with Gasteiger partial charge in [-0.15, -0.1) is 24.8 Å². The van der Waals surface area contributed by atoms with E-state index in [1.165, 1.54) is 19.2 Å². The average Bonchev–Trinajstić information content (AvgIpc) is 3.19. The molecule has 26 heavy (non-hydrogen) atoms. The number of nitrogens with zero attached hydrogens (tertiary/aromatic N) is 3. The van der Waals surface area contributed by atoms with Gasteiger partial charge in [0.2, 0.25) is 5.91 Å². The van der Waals surface area contributed by atoms with Crippen LogP contribution < -0.4 is 10.6 Å². The maximum atomic E-state index is 12.5. The summed E-state index contributed by atoms with van der Waals surface area (Å²) in [5, 5.41) is 10.9. The van der Waals surface area contributed by atoms with E-state index in [9.17, 15) is 4.79 Å². The molecule has 6 nitrogen and oxygen atoms in total. The Morgan fingerprint density at radius 2 is 1.92 bits per heavy atom. The van der Waals surface area contributed by atoms with Crippen LogP contribution in [0.5, 0.6) is 0 Å². The van der Waals surface area contributed by atoms with Crippen LogP contribution in [-0.2, 0) is 11.3 Å². The number of amides is 1. The number of fused-ring (bicyclic) bond motifs is 2. The predicted octanol–water partition coefficient (Wildman–Crippen LogP) is 3.03. The molecule has 3 heterocycles. The molecule has 142 valence electrons. The first-order valence-corrected chi connectivity index (χ1v) is 8.72. The average molecular weight is 398 g/mol. The summed E-state index contributed by atoms with van der Waals surface area (Å²) in [6.07, 6.45) is 8.62. The molecular formula is C18H25Cl2N5O. The fourth-order valence-corrected chi connectivity index (χ4v) is 4.07. The third-order valence-corrected chi connectivity index (χ3v) is 5.14. The summed E-state index contributed by atoms with van der Waals surface area (Å²) in [5.74, 6) is 0.624. The number of aromatic nitrogens is 3. The second kappa shape index (κ2) is 9.35. The minimum Gasteiger partial charge on any atom is -0.326 e. The fourth-order valence-electron chi connectivity index (χ4n) is 4.07. The lowest BCUT2D eigenvalue weighted by molar-refractivity contribution is -0.117. The van der Waals surface area contributed by atoms with Gasteiger partial charge in [0.25, 0.3) is 0 Å². The first-order chi connectivity index (χ1) is 11.8. The second-order valence-electron chi connectivity index (χ2n) is 6.98. The van der Waals surface area contributed by atoms with Crippen LogP contribution in [0, 0.1) is 5.92 Å². The zero-order valence-corrected chi connectivity index (χ0v) is 16.1. The highest BCUT2D eigenvalue weighted by molar-refractivity contribution is 5.91. The third kappa shape index (κ3) is 4.96. The van der Waals surface area contributed by atoms with Gasteiger partial charge in [-0.1, -0.05) is 18.2 Å². The van der Waals surface area contributed by atoms with Crippen molar-refractivity contribution in [3.05, 3.63) is 42.5 Å². The van der Waals surface area contributed by atoms with Crippen molar-refractivity contribution < 1.29 is 4.79 Å². The molecule has 2 atom stereocenters. The number of benzene rings is 1. The van der Waals surface area contributed by atoms with Crippen LogP contribution in [-0.4, -0.2) is 32.8 Å². The van der Waals surface area contributed by atoms with E-state index in [0.717, 1.165) is 24.1 Å². The molecule has 4 rings (SSSR count). The Hall–Kier alpha value is -1.63. The standard InChI is InChI=1S/C18H23N5O.2ClH/c24-18(9-13-7-15-5-6-16(8-13)21-15)22-17-4-2-1-3-14(17)10-23-12-19-11-20-23;;/h1-4,11-13,15-16,21H,5-10H2,(H,22,24);2*1H. The first kappa shape index (κ1) is 20.7. The molecule has 8 heteroatoms. The molecule has 2 bridgehead atoms. The number of halogens is 2. The molecule has 2 aromatic rings. The van der Waals surface area contributed by atoms with Gasteiger partial charge in [0.1, 0.15) is 12.7 Å². The summed E-state index contributed by atoms with van der Waals surface area (Å²) in [6.45, 7) is 0.605. The Morgan fingerprint density at radius 3 is 2.62 bits per heavy atom. The molecule has 2 aliphatic rings. The number of rotatable bonds is 5. The zero-order chi connectivity index (χ0) is 16.4. The lowest BCUT2D eigenvalue weighted by atomic mass is 9.89. The predicted molar refractivity (Wildman–Crippen MR) is 106 cm³/mol. The van der Waals surface area contributed by atoms with Crippen LogP contribution in [0.2, 0.25) is 0 Å². The van der Waals surface area contributed by atoms with E-state index in [2.05, 4.69) is 20.7 Å². The molecule has 2 saturated heterocycles. The molecule has 1 aromatic heterocycles. The Bertz CT molecular complexity index is 697. The Morgan fingerprint density at radius 1 is 1.19 bits per heavy atom. The molecule has 0 saturated carbocycles. The van der Waals surface area contributed by atoms with Gasteiger partial charge in [0.05, 0.1) is 6.54 Å². The third-order valence-electron chi connectivity index (χ3n) is 5.14. The Kier molecular flexibility index (Phi) is 7.43. The largest absolute Gasteiger partial charge is 0.326 e. The van der Waals surface area contributed by atoms with Crippen molar-refractivity contribution in [3.63, 3.8) is 0 Å². The molecule has 2 aliphatic heterocycles. The van der Waals surface area contributed by atoms with Gasteiger partial charge in [-0.2, -0.15) is 5.10 Å². The minimum atomic E-state index is 0. The maximum Gasteiger partial charge on any atom is 0.224 e. The van der Waals surface area contributed by atoms with Crippen LogP contribution in [0.25, 0.3) is 0 Å². The van der Waals surface area contributed by atoms with E-state index < -0.39 is 0 Å². The number of carbonyl (C=O) groups excluding carboxylic acids is 1. The first-order valence-electron chi connectivity index (χ1n) is 8.72. The SMILES string of the molecule is Cl.Cl.O=C(CC1CC2CCC(C1)N2)Nc1ccccc1Cn1cncn1. The Balaban J connectivity index is 0.00000121. The van der Waals surface area contributed by atoms with Crippen molar-refractivity contribution in [2.75, 3.05) is 5.32 Å². The number of para-hydroxylation sites is 1. The number of piperidine rings is 1. The maximum absolute atomic E-state index is 12.5. The molecular weight excluding hydrogens is 373 g/mol. The summed E-state index contributed by atoms with van der Waals surface area (Å²) in [7, 11) is 0. The molecule has 0 aliphatic carbocycles. The van der Waals surface area contributed by atoms with E-state index in [-0.39, 0.29) is 30.7 Å². The van der Waals surface area contributed by atoms with Gasteiger partial charge >= 0.3 is 0 Å². The highest BCUT2D eigenvalue weighted by atomic mass is 35.5. The second-order valence-corrected chi connectivity index (χ2v) is 6.98. The van der Waals surface area contributed by atoms with Gasteiger partial charge in [-0.05, 0) is 43.2 Å². The highest BCUT2D eigenvalue weighted by Gasteiger charge is 2.34. The molecule has 0 spiro atoms. The van der Waals surface area contributed by atoms with Gasteiger partial charge in [-0.25, -0.2) is 9.67 Å². The molecule has 2 fully saturated rings. The molecule has 1 aromatic carbocycles. The zero-order valence-electron chi connectivity index (χ0n) is 14.5. The van der Waals surface area contributed by atoms with Crippen molar-refractivity contribution in [2.24, 2.45) is 5.92 Å². The Labute approximate surface area is 166 Å². The smallest absolute Gasteiger partial charge is 0.224 e. The normalized spacial score (nSPS) is 23.6. The number of hydrogen-bond donors (Lipinski definition) is 2. The number of carbonyl (C=O) groups is 1. The molecule has 0 radical (unpaired) electrons. The summed E-state index contributed by atoms with van der Waals surface area (Å²) in [5.41, 5.74) is 1.91. The van der Waals surface area contributed by atoms with Gasteiger partial charge < -0.3 is 10.6 Å². The lowest BCUT2D eigenvalue weighted by Gasteiger charge is -2.28. The van der Waals surface area contributed by atoms with Crippen molar-refractivity contribution >= 4 is 36.4 Å². The van der Waals surface area contributed by atoms with Gasteiger partial charge in [-0.3, -0.25) is 4.79 Å².